The fourth-order valence-electron chi connectivity index (χ4n) is 2.32. The van der Waals surface area contributed by atoms with Gasteiger partial charge in [0.25, 0.3) is 0 Å². The van der Waals surface area contributed by atoms with Gasteiger partial charge in [-0.05, 0) is 29.8 Å². The lowest BCUT2D eigenvalue weighted by Gasteiger charge is -2.03. The number of hydrogen-bond donors (Lipinski definition) is 1. The molecule has 0 aliphatic heterocycles. The van der Waals surface area contributed by atoms with Crippen LogP contribution in [-0.2, 0) is 5.75 Å². The highest BCUT2D eigenvalue weighted by Crippen LogP contribution is 2.29. The lowest BCUT2D eigenvalue weighted by molar-refractivity contribution is 0.940. The topological polar surface area (TPSA) is 46.0 Å². The van der Waals surface area contributed by atoms with Gasteiger partial charge in [-0.25, -0.2) is 10.1 Å². The second kappa shape index (κ2) is 5.50. The molecule has 0 spiro atoms. The van der Waals surface area contributed by atoms with Gasteiger partial charge in [0.05, 0.1) is 11.0 Å². The van der Waals surface area contributed by atoms with Crippen LogP contribution in [0, 0.1) is 0 Å². The van der Waals surface area contributed by atoms with Crippen molar-refractivity contribution in [1.29, 1.82) is 0 Å². The minimum Gasteiger partial charge on any atom is -0.254 e. The molecule has 1 N–H and O–H groups in total. The molecule has 0 aliphatic rings. The normalized spacial score (nSPS) is 11.5. The predicted octanol–water partition coefficient (Wildman–Crippen LogP) is 4.81. The molecule has 4 aromatic rings. The van der Waals surface area contributed by atoms with Gasteiger partial charge in [-0.15, -0.1) is 5.10 Å². The first-order valence-electron chi connectivity index (χ1n) is 6.60. The van der Waals surface area contributed by atoms with Crippen molar-refractivity contribution in [2.45, 2.75) is 10.9 Å². The third kappa shape index (κ3) is 2.35. The van der Waals surface area contributed by atoms with Crippen LogP contribution in [0.5, 0.6) is 0 Å². The van der Waals surface area contributed by atoms with Crippen LogP contribution < -0.4 is 0 Å². The standard InChI is InChI=1S/C15H10Cl2N4S/c16-10-6-5-9(11(17)7-10)8-22-15-20-19-14-18-12-3-1-2-4-13(12)21(14)15/h1-7H,8H2,(H,18,19). The second-order valence-electron chi connectivity index (χ2n) is 4.79. The summed E-state index contributed by atoms with van der Waals surface area (Å²) < 4.78 is 2.02. The van der Waals surface area contributed by atoms with E-state index in [1.54, 1.807) is 17.8 Å². The molecule has 22 heavy (non-hydrogen) atoms. The van der Waals surface area contributed by atoms with Crippen LogP contribution in [0.2, 0.25) is 10.0 Å². The Morgan fingerprint density at radius 2 is 2.00 bits per heavy atom. The molecule has 0 atom stereocenters. The minimum absolute atomic E-state index is 0.640. The summed E-state index contributed by atoms with van der Waals surface area (Å²) in [6, 6.07) is 13.5. The third-order valence-corrected chi connectivity index (χ3v) is 4.95. The number of rotatable bonds is 3. The Labute approximate surface area is 140 Å². The van der Waals surface area contributed by atoms with Crippen molar-refractivity contribution >= 4 is 51.8 Å². The molecule has 0 fully saturated rings. The summed E-state index contributed by atoms with van der Waals surface area (Å²) in [6.07, 6.45) is 0. The van der Waals surface area contributed by atoms with Crippen LogP contribution in [-0.4, -0.2) is 19.6 Å². The van der Waals surface area contributed by atoms with Crippen molar-refractivity contribution in [3.8, 4) is 0 Å². The van der Waals surface area contributed by atoms with Gasteiger partial charge in [0.2, 0.25) is 5.78 Å². The monoisotopic (exact) mass is 348 g/mol. The molecule has 4 rings (SSSR count). The molecule has 7 heteroatoms. The Balaban J connectivity index is 1.69. The van der Waals surface area contributed by atoms with Crippen LogP contribution in [0.1, 0.15) is 5.56 Å². The summed E-state index contributed by atoms with van der Waals surface area (Å²) in [6.45, 7) is 0. The Morgan fingerprint density at radius 3 is 2.86 bits per heavy atom. The van der Waals surface area contributed by atoms with Crippen molar-refractivity contribution in [1.82, 2.24) is 19.6 Å². The SMILES string of the molecule is Clc1ccc(CSc2n[nH]c3nc4ccccc4n23)c(Cl)c1. The second-order valence-corrected chi connectivity index (χ2v) is 6.58. The average Bonchev–Trinajstić information content (AvgIpc) is 3.05. The lowest BCUT2D eigenvalue weighted by atomic mass is 10.2. The van der Waals surface area contributed by atoms with E-state index in [2.05, 4.69) is 15.2 Å². The number of benzene rings is 2. The van der Waals surface area contributed by atoms with Gasteiger partial charge >= 0.3 is 0 Å². The molecule has 0 amide bonds. The maximum atomic E-state index is 6.22. The highest BCUT2D eigenvalue weighted by Gasteiger charge is 2.12. The highest BCUT2D eigenvalue weighted by atomic mass is 35.5. The molecule has 110 valence electrons. The number of aromatic amines is 1. The van der Waals surface area contributed by atoms with E-state index in [-0.39, 0.29) is 0 Å². The maximum absolute atomic E-state index is 6.22. The Hall–Kier alpha value is -1.69. The summed E-state index contributed by atoms with van der Waals surface area (Å²) in [5, 5.41) is 9.47. The van der Waals surface area contributed by atoms with Gasteiger partial charge in [0, 0.05) is 15.8 Å². The van der Waals surface area contributed by atoms with Gasteiger partial charge < -0.3 is 0 Å². The number of imidazole rings is 1. The van der Waals surface area contributed by atoms with E-state index < -0.39 is 0 Å². The van der Waals surface area contributed by atoms with Crippen LogP contribution in [0.25, 0.3) is 16.8 Å². The zero-order valence-electron chi connectivity index (χ0n) is 11.3. The zero-order valence-corrected chi connectivity index (χ0v) is 13.6. The first-order valence-corrected chi connectivity index (χ1v) is 8.35. The molecule has 0 saturated heterocycles. The third-order valence-electron chi connectivity index (χ3n) is 3.38. The molecule has 2 aromatic heterocycles. The Morgan fingerprint density at radius 1 is 1.14 bits per heavy atom. The summed E-state index contributed by atoms with van der Waals surface area (Å²) in [5.41, 5.74) is 3.01. The van der Waals surface area contributed by atoms with E-state index >= 15 is 0 Å². The first-order chi connectivity index (χ1) is 10.7. The van der Waals surface area contributed by atoms with E-state index in [9.17, 15) is 0 Å². The van der Waals surface area contributed by atoms with Crippen molar-refractivity contribution in [3.63, 3.8) is 0 Å². The van der Waals surface area contributed by atoms with Crippen LogP contribution >= 0.6 is 35.0 Å². The van der Waals surface area contributed by atoms with Crippen LogP contribution in [0.4, 0.5) is 0 Å². The summed E-state index contributed by atoms with van der Waals surface area (Å²) in [4.78, 5) is 4.51. The molecule has 0 unspecified atom stereocenters. The van der Waals surface area contributed by atoms with Gasteiger partial charge in [-0.1, -0.05) is 53.2 Å². The Kier molecular flexibility index (Phi) is 3.48. The van der Waals surface area contributed by atoms with Gasteiger partial charge in [-0.2, -0.15) is 0 Å². The minimum atomic E-state index is 0.640. The number of H-pyrrole nitrogens is 1. The molecular weight excluding hydrogens is 339 g/mol. The fourth-order valence-corrected chi connectivity index (χ4v) is 3.84. The van der Waals surface area contributed by atoms with Crippen LogP contribution in [0.15, 0.2) is 47.6 Å². The highest BCUT2D eigenvalue weighted by molar-refractivity contribution is 7.98. The van der Waals surface area contributed by atoms with Crippen molar-refractivity contribution in [2.24, 2.45) is 0 Å². The van der Waals surface area contributed by atoms with E-state index in [4.69, 9.17) is 23.2 Å². The summed E-state index contributed by atoms with van der Waals surface area (Å²) in [7, 11) is 0. The molecular formula is C15H10Cl2N4S. The summed E-state index contributed by atoms with van der Waals surface area (Å²) in [5.74, 6) is 1.45. The molecule has 0 bridgehead atoms. The number of nitrogens with one attached hydrogen (secondary N) is 1. The number of thioether (sulfide) groups is 1. The number of fused-ring (bicyclic) bond motifs is 3. The van der Waals surface area contributed by atoms with Crippen molar-refractivity contribution in [3.05, 3.63) is 58.1 Å². The maximum Gasteiger partial charge on any atom is 0.231 e. The van der Waals surface area contributed by atoms with E-state index in [1.807, 2.05) is 40.8 Å². The number of aromatic nitrogens is 4. The predicted molar refractivity (Wildman–Crippen MR) is 90.9 cm³/mol. The van der Waals surface area contributed by atoms with Crippen molar-refractivity contribution in [2.75, 3.05) is 0 Å². The quantitative estimate of drug-likeness (QED) is 0.540. The molecule has 2 heterocycles. The number of nitrogens with zero attached hydrogens (tertiary/aromatic N) is 3. The number of para-hydroxylation sites is 2. The smallest absolute Gasteiger partial charge is 0.231 e. The lowest BCUT2D eigenvalue weighted by Crippen LogP contribution is -1.88. The number of halogens is 2. The fraction of sp³-hybridized carbons (Fsp3) is 0.0667. The average molecular weight is 349 g/mol. The van der Waals surface area contributed by atoms with Crippen molar-refractivity contribution < 1.29 is 0 Å². The molecule has 2 aromatic carbocycles. The Bertz CT molecular complexity index is 976. The molecule has 0 saturated carbocycles. The van der Waals surface area contributed by atoms with E-state index in [0.29, 0.717) is 15.8 Å². The molecule has 0 radical (unpaired) electrons. The van der Waals surface area contributed by atoms with Crippen LogP contribution in [0.3, 0.4) is 0 Å². The van der Waals surface area contributed by atoms with Gasteiger partial charge in [-0.3, -0.25) is 4.40 Å². The van der Waals surface area contributed by atoms with Gasteiger partial charge in [0.1, 0.15) is 0 Å². The number of hydrogen-bond acceptors (Lipinski definition) is 3. The summed E-state index contributed by atoms with van der Waals surface area (Å²) >= 11 is 13.7. The first kappa shape index (κ1) is 13.9. The molecule has 4 nitrogen and oxygen atoms in total. The largest absolute Gasteiger partial charge is 0.254 e. The van der Waals surface area contributed by atoms with Gasteiger partial charge in [0.15, 0.2) is 5.16 Å². The van der Waals surface area contributed by atoms with E-state index in [1.165, 1.54) is 0 Å². The molecule has 0 aliphatic carbocycles. The zero-order chi connectivity index (χ0) is 15.1. The van der Waals surface area contributed by atoms with E-state index in [0.717, 1.165) is 27.5 Å².